The molecule has 2 aromatic heterocycles. The lowest BCUT2D eigenvalue weighted by molar-refractivity contribution is 0.0699. The summed E-state index contributed by atoms with van der Waals surface area (Å²) in [5.41, 5.74) is 8.98. The van der Waals surface area contributed by atoms with Crippen LogP contribution in [0.2, 0.25) is 0 Å². The Balaban J connectivity index is 0.00000272. The molecule has 1 aliphatic rings. The Bertz CT molecular complexity index is 1050. The number of rotatable bonds is 6. The van der Waals surface area contributed by atoms with Crippen LogP contribution >= 0.6 is 12.4 Å². The van der Waals surface area contributed by atoms with Crippen LogP contribution in [-0.4, -0.2) is 47.2 Å². The second kappa shape index (κ2) is 10.2. The number of pyridine rings is 1. The third-order valence-corrected chi connectivity index (χ3v) is 5.96. The lowest BCUT2D eigenvalue weighted by Gasteiger charge is -2.32. The SMILES string of the molecule is COCCn1c(C(=O)N2CCC(c3cc(CN)ccc3F)CC2)cc2cnccc21.Cl. The predicted octanol–water partition coefficient (Wildman–Crippen LogP) is 3.72. The lowest BCUT2D eigenvalue weighted by Crippen LogP contribution is -2.39. The fourth-order valence-electron chi connectivity index (χ4n) is 4.30. The van der Waals surface area contributed by atoms with Crippen molar-refractivity contribution in [2.45, 2.75) is 31.8 Å². The summed E-state index contributed by atoms with van der Waals surface area (Å²) in [6, 6.07) is 8.91. The van der Waals surface area contributed by atoms with Gasteiger partial charge in [-0.05, 0) is 48.1 Å². The molecule has 166 valence electrons. The monoisotopic (exact) mass is 446 g/mol. The highest BCUT2D eigenvalue weighted by atomic mass is 35.5. The van der Waals surface area contributed by atoms with E-state index in [0.29, 0.717) is 44.0 Å². The summed E-state index contributed by atoms with van der Waals surface area (Å²) in [6.07, 6.45) is 4.97. The Morgan fingerprint density at radius 3 is 2.74 bits per heavy atom. The molecule has 0 unspecified atom stereocenters. The number of fused-ring (bicyclic) bond motifs is 1. The lowest BCUT2D eigenvalue weighted by atomic mass is 9.88. The number of hydrogen-bond donors (Lipinski definition) is 1. The number of carbonyl (C=O) groups is 1. The van der Waals surface area contributed by atoms with Crippen LogP contribution in [0.3, 0.4) is 0 Å². The summed E-state index contributed by atoms with van der Waals surface area (Å²) in [4.78, 5) is 19.4. The summed E-state index contributed by atoms with van der Waals surface area (Å²) in [7, 11) is 1.65. The van der Waals surface area contributed by atoms with Gasteiger partial charge in [-0.25, -0.2) is 4.39 Å². The van der Waals surface area contributed by atoms with Crippen molar-refractivity contribution in [1.29, 1.82) is 0 Å². The minimum Gasteiger partial charge on any atom is -0.383 e. The number of nitrogens with zero attached hydrogens (tertiary/aromatic N) is 3. The van der Waals surface area contributed by atoms with Crippen LogP contribution in [0.15, 0.2) is 42.7 Å². The van der Waals surface area contributed by atoms with Gasteiger partial charge in [-0.15, -0.1) is 12.4 Å². The number of aromatic nitrogens is 2. The first-order chi connectivity index (χ1) is 14.6. The Labute approximate surface area is 187 Å². The van der Waals surface area contributed by atoms with Crippen molar-refractivity contribution in [2.24, 2.45) is 5.73 Å². The normalized spacial score (nSPS) is 14.6. The van der Waals surface area contributed by atoms with E-state index in [0.717, 1.165) is 29.3 Å². The van der Waals surface area contributed by atoms with Crippen molar-refractivity contribution in [3.63, 3.8) is 0 Å². The Morgan fingerprint density at radius 1 is 1.26 bits per heavy atom. The van der Waals surface area contributed by atoms with Gasteiger partial charge in [0.2, 0.25) is 0 Å². The number of likely N-dealkylation sites (tertiary alicyclic amines) is 1. The van der Waals surface area contributed by atoms with Crippen LogP contribution in [0.25, 0.3) is 10.9 Å². The van der Waals surface area contributed by atoms with E-state index in [1.807, 2.05) is 27.7 Å². The van der Waals surface area contributed by atoms with E-state index < -0.39 is 0 Å². The number of methoxy groups -OCH3 is 1. The second-order valence-corrected chi connectivity index (χ2v) is 7.73. The van der Waals surface area contributed by atoms with Crippen LogP contribution in [0.4, 0.5) is 4.39 Å². The van der Waals surface area contributed by atoms with Gasteiger partial charge in [-0.1, -0.05) is 12.1 Å². The summed E-state index contributed by atoms with van der Waals surface area (Å²) in [5.74, 6) is -0.0924. The fourth-order valence-corrected chi connectivity index (χ4v) is 4.30. The zero-order chi connectivity index (χ0) is 21.1. The maximum atomic E-state index is 14.4. The van der Waals surface area contributed by atoms with Gasteiger partial charge < -0.3 is 19.9 Å². The van der Waals surface area contributed by atoms with Gasteiger partial charge in [0.25, 0.3) is 5.91 Å². The van der Waals surface area contributed by atoms with Gasteiger partial charge >= 0.3 is 0 Å². The zero-order valence-electron chi connectivity index (χ0n) is 17.6. The van der Waals surface area contributed by atoms with Crippen molar-refractivity contribution in [1.82, 2.24) is 14.5 Å². The third-order valence-electron chi connectivity index (χ3n) is 5.96. The molecule has 6 nitrogen and oxygen atoms in total. The molecular weight excluding hydrogens is 419 g/mol. The Morgan fingerprint density at radius 2 is 2.03 bits per heavy atom. The van der Waals surface area contributed by atoms with E-state index in [9.17, 15) is 9.18 Å². The molecule has 1 aromatic carbocycles. The molecule has 3 heterocycles. The number of benzene rings is 1. The summed E-state index contributed by atoms with van der Waals surface area (Å²) in [5, 5.41) is 0.938. The molecule has 0 radical (unpaired) electrons. The zero-order valence-corrected chi connectivity index (χ0v) is 18.4. The molecule has 1 aliphatic heterocycles. The van der Waals surface area contributed by atoms with Crippen LogP contribution in [-0.2, 0) is 17.8 Å². The first-order valence-electron chi connectivity index (χ1n) is 10.3. The molecule has 0 bridgehead atoms. The quantitative estimate of drug-likeness (QED) is 0.626. The minimum atomic E-state index is -0.191. The van der Waals surface area contributed by atoms with Crippen molar-refractivity contribution in [3.8, 4) is 0 Å². The van der Waals surface area contributed by atoms with Gasteiger partial charge in [-0.2, -0.15) is 0 Å². The van der Waals surface area contributed by atoms with Crippen LogP contribution in [0.1, 0.15) is 40.4 Å². The van der Waals surface area contributed by atoms with Crippen molar-refractivity contribution in [2.75, 3.05) is 26.8 Å². The highest BCUT2D eigenvalue weighted by molar-refractivity contribution is 5.98. The standard InChI is InChI=1S/C23H27FN4O2.ClH/c1-30-11-10-28-21-4-7-26-15-18(21)13-22(28)23(29)27-8-5-17(6-9-27)19-12-16(14-25)2-3-20(19)24;/h2-4,7,12-13,15,17H,5-6,8-11,14,25H2,1H3;1H. The van der Waals surface area contributed by atoms with Gasteiger partial charge in [0.1, 0.15) is 11.5 Å². The summed E-state index contributed by atoms with van der Waals surface area (Å²) in [6.45, 7) is 2.70. The molecule has 2 N–H and O–H groups in total. The van der Waals surface area contributed by atoms with E-state index in [4.69, 9.17) is 10.5 Å². The number of hydrogen-bond acceptors (Lipinski definition) is 4. The molecule has 4 rings (SSSR count). The smallest absolute Gasteiger partial charge is 0.270 e. The number of nitrogens with two attached hydrogens (primary N) is 1. The van der Waals surface area contributed by atoms with Gasteiger partial charge in [-0.3, -0.25) is 9.78 Å². The molecule has 0 atom stereocenters. The van der Waals surface area contributed by atoms with Crippen LogP contribution in [0.5, 0.6) is 0 Å². The van der Waals surface area contributed by atoms with Crippen molar-refractivity contribution >= 4 is 29.2 Å². The fraction of sp³-hybridized carbons (Fsp3) is 0.391. The molecule has 1 saturated heterocycles. The molecular formula is C23H28ClFN4O2. The van der Waals surface area contributed by atoms with Crippen LogP contribution in [0, 0.1) is 5.82 Å². The van der Waals surface area contributed by atoms with E-state index in [-0.39, 0.29) is 30.0 Å². The van der Waals surface area contributed by atoms with E-state index in [1.165, 1.54) is 6.07 Å². The number of piperidine rings is 1. The molecule has 8 heteroatoms. The number of carbonyl (C=O) groups excluding carboxylic acids is 1. The van der Waals surface area contributed by atoms with E-state index >= 15 is 0 Å². The molecule has 0 saturated carbocycles. The summed E-state index contributed by atoms with van der Waals surface area (Å²) >= 11 is 0. The van der Waals surface area contributed by atoms with Crippen molar-refractivity contribution < 1.29 is 13.9 Å². The van der Waals surface area contributed by atoms with Crippen molar-refractivity contribution in [3.05, 3.63) is 65.4 Å². The second-order valence-electron chi connectivity index (χ2n) is 7.73. The maximum Gasteiger partial charge on any atom is 0.270 e. The van der Waals surface area contributed by atoms with Gasteiger partial charge in [0, 0.05) is 51.1 Å². The maximum absolute atomic E-state index is 14.4. The molecule has 1 amide bonds. The number of ether oxygens (including phenoxy) is 1. The summed E-state index contributed by atoms with van der Waals surface area (Å²) < 4.78 is 21.6. The molecule has 3 aromatic rings. The molecule has 0 aliphatic carbocycles. The highest BCUT2D eigenvalue weighted by Crippen LogP contribution is 2.31. The Kier molecular flexibility index (Phi) is 7.64. The molecule has 31 heavy (non-hydrogen) atoms. The van der Waals surface area contributed by atoms with E-state index in [2.05, 4.69) is 4.98 Å². The first kappa shape index (κ1) is 23.2. The third kappa shape index (κ3) is 4.74. The van der Waals surface area contributed by atoms with Gasteiger partial charge in [0.05, 0.1) is 12.1 Å². The largest absolute Gasteiger partial charge is 0.383 e. The predicted molar refractivity (Wildman–Crippen MR) is 121 cm³/mol. The number of halogens is 2. The van der Waals surface area contributed by atoms with Crippen LogP contribution < -0.4 is 5.73 Å². The average Bonchev–Trinajstić information content (AvgIpc) is 3.16. The number of amides is 1. The minimum absolute atomic E-state index is 0. The van der Waals surface area contributed by atoms with E-state index in [1.54, 1.807) is 25.6 Å². The van der Waals surface area contributed by atoms with Gasteiger partial charge in [0.15, 0.2) is 0 Å². The molecule has 0 spiro atoms. The highest BCUT2D eigenvalue weighted by Gasteiger charge is 2.28. The molecule has 1 fully saturated rings. The average molecular weight is 447 g/mol. The first-order valence-corrected chi connectivity index (χ1v) is 10.3. The topological polar surface area (TPSA) is 73.4 Å². The Hall–Kier alpha value is -2.48.